The Balaban J connectivity index is 1.27. The van der Waals surface area contributed by atoms with Crippen LogP contribution in [0.5, 0.6) is 0 Å². The molecule has 2 aromatic carbocycles. The Morgan fingerprint density at radius 2 is 1.62 bits per heavy atom. The molecule has 4 aromatic rings. The van der Waals surface area contributed by atoms with Crippen molar-refractivity contribution in [3.63, 3.8) is 0 Å². The molecule has 0 amide bonds. The van der Waals surface area contributed by atoms with Gasteiger partial charge in [0.25, 0.3) is 0 Å². The SMILES string of the molecule is c1ccc(CN2CCC(Nc3ncnc4c3cnn4-c3ccccc3)CC2)cc1. The number of hydrogen-bond acceptors (Lipinski definition) is 5. The first-order valence-electron chi connectivity index (χ1n) is 10.1. The van der Waals surface area contributed by atoms with Crippen molar-refractivity contribution in [3.05, 3.63) is 78.8 Å². The molecule has 2 aromatic heterocycles. The van der Waals surface area contributed by atoms with Gasteiger partial charge < -0.3 is 5.32 Å². The average Bonchev–Trinajstić information content (AvgIpc) is 3.22. The van der Waals surface area contributed by atoms with E-state index >= 15 is 0 Å². The van der Waals surface area contributed by atoms with Crippen LogP contribution in [0.2, 0.25) is 0 Å². The van der Waals surface area contributed by atoms with Gasteiger partial charge in [0.2, 0.25) is 0 Å². The number of nitrogens with zero attached hydrogens (tertiary/aromatic N) is 5. The van der Waals surface area contributed by atoms with E-state index in [9.17, 15) is 0 Å². The van der Waals surface area contributed by atoms with Gasteiger partial charge in [0, 0.05) is 25.7 Å². The molecule has 0 atom stereocenters. The molecule has 5 rings (SSSR count). The third-order valence-corrected chi connectivity index (χ3v) is 5.54. The van der Waals surface area contributed by atoms with Gasteiger partial charge in [0.1, 0.15) is 12.1 Å². The molecular formula is C23H24N6. The minimum atomic E-state index is 0.417. The van der Waals surface area contributed by atoms with E-state index < -0.39 is 0 Å². The molecule has 29 heavy (non-hydrogen) atoms. The maximum Gasteiger partial charge on any atom is 0.168 e. The molecule has 0 radical (unpaired) electrons. The molecule has 1 N–H and O–H groups in total. The molecule has 6 nitrogen and oxygen atoms in total. The Labute approximate surface area is 170 Å². The maximum absolute atomic E-state index is 4.54. The van der Waals surface area contributed by atoms with E-state index in [1.165, 1.54) is 5.56 Å². The summed E-state index contributed by atoms with van der Waals surface area (Å²) in [6, 6.07) is 21.2. The van der Waals surface area contributed by atoms with Crippen LogP contribution in [-0.4, -0.2) is 43.8 Å². The van der Waals surface area contributed by atoms with Crippen molar-refractivity contribution in [2.45, 2.75) is 25.4 Å². The number of rotatable bonds is 5. The van der Waals surface area contributed by atoms with Gasteiger partial charge in [-0.2, -0.15) is 5.10 Å². The molecule has 1 fully saturated rings. The summed E-state index contributed by atoms with van der Waals surface area (Å²) in [4.78, 5) is 11.5. The van der Waals surface area contributed by atoms with E-state index in [4.69, 9.17) is 0 Å². The molecule has 0 spiro atoms. The van der Waals surface area contributed by atoms with Crippen molar-refractivity contribution in [3.8, 4) is 5.69 Å². The molecule has 1 aliphatic rings. The van der Waals surface area contributed by atoms with E-state index in [0.717, 1.165) is 55.0 Å². The number of nitrogens with one attached hydrogen (secondary N) is 1. The van der Waals surface area contributed by atoms with Crippen LogP contribution in [0.3, 0.4) is 0 Å². The monoisotopic (exact) mass is 384 g/mol. The Morgan fingerprint density at radius 1 is 0.897 bits per heavy atom. The van der Waals surface area contributed by atoms with E-state index in [2.05, 4.69) is 55.6 Å². The van der Waals surface area contributed by atoms with Crippen molar-refractivity contribution in [1.29, 1.82) is 0 Å². The topological polar surface area (TPSA) is 58.9 Å². The highest BCUT2D eigenvalue weighted by Gasteiger charge is 2.21. The summed E-state index contributed by atoms with van der Waals surface area (Å²) in [5.74, 6) is 0.874. The lowest BCUT2D eigenvalue weighted by molar-refractivity contribution is 0.211. The predicted molar refractivity (Wildman–Crippen MR) is 115 cm³/mol. The van der Waals surface area contributed by atoms with Gasteiger partial charge in [0.05, 0.1) is 17.3 Å². The molecule has 0 saturated carbocycles. The maximum atomic E-state index is 4.54. The molecular weight excluding hydrogens is 360 g/mol. The largest absolute Gasteiger partial charge is 0.367 e. The van der Waals surface area contributed by atoms with Gasteiger partial charge in [-0.3, -0.25) is 4.90 Å². The average molecular weight is 384 g/mol. The second-order valence-electron chi connectivity index (χ2n) is 7.53. The zero-order valence-electron chi connectivity index (χ0n) is 16.3. The molecule has 1 saturated heterocycles. The van der Waals surface area contributed by atoms with Crippen LogP contribution in [0.15, 0.2) is 73.2 Å². The highest BCUT2D eigenvalue weighted by atomic mass is 15.3. The van der Waals surface area contributed by atoms with E-state index in [0.29, 0.717) is 6.04 Å². The van der Waals surface area contributed by atoms with Crippen molar-refractivity contribution < 1.29 is 0 Å². The standard InChI is InChI=1S/C23H24N6/c1-3-7-18(8-4-1)16-28-13-11-19(12-14-28)27-22-21-15-26-29(23(21)25-17-24-22)20-9-5-2-6-10-20/h1-10,15,17,19H,11-14,16H2,(H,24,25,27). The van der Waals surface area contributed by atoms with E-state index in [1.54, 1.807) is 6.33 Å². The van der Waals surface area contributed by atoms with Crippen molar-refractivity contribution in [2.24, 2.45) is 0 Å². The number of para-hydroxylation sites is 1. The van der Waals surface area contributed by atoms with Crippen molar-refractivity contribution in [1.82, 2.24) is 24.6 Å². The number of piperidine rings is 1. The van der Waals surface area contributed by atoms with Crippen molar-refractivity contribution in [2.75, 3.05) is 18.4 Å². The lowest BCUT2D eigenvalue weighted by Gasteiger charge is -2.32. The first-order chi connectivity index (χ1) is 14.4. The summed E-state index contributed by atoms with van der Waals surface area (Å²) in [5, 5.41) is 9.15. The van der Waals surface area contributed by atoms with Gasteiger partial charge in [-0.1, -0.05) is 48.5 Å². The van der Waals surface area contributed by atoms with Crippen LogP contribution >= 0.6 is 0 Å². The number of aromatic nitrogens is 4. The van der Waals surface area contributed by atoms with Crippen LogP contribution in [0, 0.1) is 0 Å². The van der Waals surface area contributed by atoms with Gasteiger partial charge in [-0.25, -0.2) is 14.6 Å². The van der Waals surface area contributed by atoms with Crippen LogP contribution in [0.4, 0.5) is 5.82 Å². The first-order valence-corrected chi connectivity index (χ1v) is 10.1. The van der Waals surface area contributed by atoms with Crippen LogP contribution in [-0.2, 0) is 6.54 Å². The van der Waals surface area contributed by atoms with Crippen LogP contribution in [0.25, 0.3) is 16.7 Å². The number of benzene rings is 2. The highest BCUT2D eigenvalue weighted by molar-refractivity contribution is 5.87. The molecule has 1 aliphatic heterocycles. The Bertz CT molecular complexity index is 1070. The second kappa shape index (κ2) is 8.01. The fourth-order valence-electron chi connectivity index (χ4n) is 3.99. The fourth-order valence-corrected chi connectivity index (χ4v) is 3.99. The predicted octanol–water partition coefficient (Wildman–Crippen LogP) is 3.89. The summed E-state index contributed by atoms with van der Waals surface area (Å²) in [6.07, 6.45) is 5.68. The van der Waals surface area contributed by atoms with Gasteiger partial charge in [0.15, 0.2) is 5.65 Å². The van der Waals surface area contributed by atoms with Crippen molar-refractivity contribution >= 4 is 16.9 Å². The normalized spacial score (nSPS) is 15.6. The summed E-state index contributed by atoms with van der Waals surface area (Å²) in [6.45, 7) is 3.20. The first kappa shape index (κ1) is 17.8. The second-order valence-corrected chi connectivity index (χ2v) is 7.53. The number of hydrogen-bond donors (Lipinski definition) is 1. The van der Waals surface area contributed by atoms with Gasteiger partial charge >= 0.3 is 0 Å². The molecule has 0 bridgehead atoms. The Kier molecular flexibility index (Phi) is 4.92. The molecule has 6 heteroatoms. The molecule has 146 valence electrons. The number of likely N-dealkylation sites (tertiary alicyclic amines) is 1. The zero-order valence-corrected chi connectivity index (χ0v) is 16.3. The molecule has 0 unspecified atom stereocenters. The smallest absolute Gasteiger partial charge is 0.168 e. The fraction of sp³-hybridized carbons (Fsp3) is 0.261. The molecule has 3 heterocycles. The van der Waals surface area contributed by atoms with E-state index in [-0.39, 0.29) is 0 Å². The van der Waals surface area contributed by atoms with E-state index in [1.807, 2.05) is 41.2 Å². The lowest BCUT2D eigenvalue weighted by atomic mass is 10.0. The summed E-state index contributed by atoms with van der Waals surface area (Å²) < 4.78 is 1.87. The highest BCUT2D eigenvalue weighted by Crippen LogP contribution is 2.24. The van der Waals surface area contributed by atoms with Gasteiger partial charge in [-0.15, -0.1) is 0 Å². The quantitative estimate of drug-likeness (QED) is 0.566. The Hall–Kier alpha value is -3.25. The molecule has 0 aliphatic carbocycles. The minimum Gasteiger partial charge on any atom is -0.367 e. The third kappa shape index (κ3) is 3.84. The number of anilines is 1. The Morgan fingerprint density at radius 3 is 2.38 bits per heavy atom. The van der Waals surface area contributed by atoms with Gasteiger partial charge in [-0.05, 0) is 30.5 Å². The van der Waals surface area contributed by atoms with Crippen LogP contribution in [0.1, 0.15) is 18.4 Å². The summed E-state index contributed by atoms with van der Waals surface area (Å²) >= 11 is 0. The minimum absolute atomic E-state index is 0.417. The summed E-state index contributed by atoms with van der Waals surface area (Å²) in [7, 11) is 0. The third-order valence-electron chi connectivity index (χ3n) is 5.54. The summed E-state index contributed by atoms with van der Waals surface area (Å²) in [5.41, 5.74) is 3.21. The van der Waals surface area contributed by atoms with Crippen LogP contribution < -0.4 is 5.32 Å². The zero-order chi connectivity index (χ0) is 19.5. The lowest BCUT2D eigenvalue weighted by Crippen LogP contribution is -2.38. The number of fused-ring (bicyclic) bond motifs is 1.